The molecule has 3 aromatic rings. The number of aliphatic hydroxyl groups excluding tert-OH is 2. The molecule has 10 nitrogen and oxygen atoms in total. The summed E-state index contributed by atoms with van der Waals surface area (Å²) < 4.78 is 12.4. The first-order valence-corrected chi connectivity index (χ1v) is 9.18. The van der Waals surface area contributed by atoms with Crippen molar-refractivity contribution in [2.45, 2.75) is 37.9 Å². The van der Waals surface area contributed by atoms with Gasteiger partial charge in [0.15, 0.2) is 23.2 Å². The molecule has 1 fully saturated rings. The number of hydrogen-bond acceptors (Lipinski definition) is 8. The van der Waals surface area contributed by atoms with Gasteiger partial charge in [0.05, 0.1) is 19.5 Å². The molecule has 10 heteroatoms. The maximum Gasteiger partial charge on any atom is 0.256 e. The summed E-state index contributed by atoms with van der Waals surface area (Å²) in [5.74, 6) is 0.517. The normalized spacial score (nSPS) is 24.0. The zero-order valence-electron chi connectivity index (χ0n) is 15.9. The van der Waals surface area contributed by atoms with Crippen molar-refractivity contribution in [1.29, 1.82) is 0 Å². The molecule has 152 valence electrons. The number of carbonyl (C=O) groups is 1. The lowest BCUT2D eigenvalue weighted by atomic mass is 10.1. The van der Waals surface area contributed by atoms with Crippen LogP contribution in [0.4, 0.5) is 5.82 Å². The van der Waals surface area contributed by atoms with Crippen LogP contribution in [0.2, 0.25) is 0 Å². The largest absolute Gasteiger partial charge is 0.497 e. The Bertz CT molecular complexity index is 1020. The van der Waals surface area contributed by atoms with Crippen LogP contribution in [0, 0.1) is 0 Å². The molecule has 29 heavy (non-hydrogen) atoms. The third kappa shape index (κ3) is 3.41. The molecular weight excluding hydrogens is 378 g/mol. The van der Waals surface area contributed by atoms with E-state index in [1.54, 1.807) is 31.4 Å². The van der Waals surface area contributed by atoms with Crippen LogP contribution in [0.5, 0.6) is 5.75 Å². The van der Waals surface area contributed by atoms with Gasteiger partial charge < -0.3 is 25.0 Å². The second kappa shape index (κ2) is 7.74. The van der Waals surface area contributed by atoms with Gasteiger partial charge in [0.2, 0.25) is 0 Å². The minimum atomic E-state index is -1.12. The lowest BCUT2D eigenvalue weighted by Crippen LogP contribution is -2.31. The molecule has 0 spiro atoms. The molecule has 1 aromatic carbocycles. The number of aliphatic hydroxyl groups is 2. The summed E-state index contributed by atoms with van der Waals surface area (Å²) in [5.41, 5.74) is 1.15. The van der Waals surface area contributed by atoms with Crippen molar-refractivity contribution in [2.75, 3.05) is 12.4 Å². The Hall–Kier alpha value is -3.08. The van der Waals surface area contributed by atoms with Gasteiger partial charge in [0.1, 0.15) is 24.3 Å². The van der Waals surface area contributed by atoms with Crippen LogP contribution in [0.25, 0.3) is 11.2 Å². The van der Waals surface area contributed by atoms with Gasteiger partial charge in [-0.2, -0.15) is 0 Å². The highest BCUT2D eigenvalue weighted by molar-refractivity contribution is 6.06. The average molecular weight is 399 g/mol. The maximum atomic E-state index is 12.6. The lowest BCUT2D eigenvalue weighted by Gasteiger charge is -2.16. The van der Waals surface area contributed by atoms with E-state index in [0.29, 0.717) is 28.9 Å². The lowest BCUT2D eigenvalue weighted by molar-refractivity contribution is -0.0355. The van der Waals surface area contributed by atoms with Crippen molar-refractivity contribution in [3.63, 3.8) is 0 Å². The van der Waals surface area contributed by atoms with Crippen molar-refractivity contribution in [2.24, 2.45) is 0 Å². The molecule has 0 aliphatic carbocycles. The van der Waals surface area contributed by atoms with Gasteiger partial charge in [-0.15, -0.1) is 0 Å². The van der Waals surface area contributed by atoms with E-state index < -0.39 is 24.5 Å². The predicted molar refractivity (Wildman–Crippen MR) is 102 cm³/mol. The Balaban J connectivity index is 1.61. The molecule has 4 unspecified atom stereocenters. The van der Waals surface area contributed by atoms with E-state index in [0.717, 1.165) is 0 Å². The number of aromatic nitrogens is 4. The van der Waals surface area contributed by atoms with E-state index in [1.807, 2.05) is 6.92 Å². The summed E-state index contributed by atoms with van der Waals surface area (Å²) in [6.45, 7) is 1.87. The maximum absolute atomic E-state index is 12.6. The van der Waals surface area contributed by atoms with Crippen LogP contribution < -0.4 is 10.1 Å². The molecule has 3 heterocycles. The first-order valence-electron chi connectivity index (χ1n) is 9.18. The van der Waals surface area contributed by atoms with Crippen LogP contribution in [0.15, 0.2) is 36.9 Å². The monoisotopic (exact) mass is 399 g/mol. The number of ether oxygens (including phenoxy) is 2. The average Bonchev–Trinajstić information content (AvgIpc) is 3.30. The summed E-state index contributed by atoms with van der Waals surface area (Å²) in [6, 6.07) is 6.65. The molecular formula is C19H21N5O5. The van der Waals surface area contributed by atoms with Gasteiger partial charge in [-0.1, -0.05) is 6.92 Å². The van der Waals surface area contributed by atoms with E-state index >= 15 is 0 Å². The zero-order chi connectivity index (χ0) is 20.5. The smallest absolute Gasteiger partial charge is 0.256 e. The molecule has 1 amide bonds. The number of fused-ring (bicyclic) bond motifs is 1. The Morgan fingerprint density at radius 3 is 2.62 bits per heavy atom. The number of methoxy groups -OCH3 is 1. The van der Waals surface area contributed by atoms with E-state index in [2.05, 4.69) is 20.3 Å². The number of hydrogen-bond donors (Lipinski definition) is 3. The SMILES string of the molecule is CCC1OC(n2cnc3c(NC(=O)c4ccc(OC)cc4)ncnc32)C(O)C1O. The van der Waals surface area contributed by atoms with Crippen LogP contribution >= 0.6 is 0 Å². The molecule has 0 saturated carbocycles. The van der Waals surface area contributed by atoms with Crippen LogP contribution in [0.1, 0.15) is 29.9 Å². The summed E-state index contributed by atoms with van der Waals surface area (Å²) in [7, 11) is 1.55. The van der Waals surface area contributed by atoms with Crippen LogP contribution in [0.3, 0.4) is 0 Å². The summed E-state index contributed by atoms with van der Waals surface area (Å²) in [6.07, 6.45) is -0.147. The number of benzene rings is 1. The van der Waals surface area contributed by atoms with E-state index in [4.69, 9.17) is 9.47 Å². The van der Waals surface area contributed by atoms with Crippen LogP contribution in [-0.2, 0) is 4.74 Å². The predicted octanol–water partition coefficient (Wildman–Crippen LogP) is 1.12. The van der Waals surface area contributed by atoms with E-state index in [1.165, 1.54) is 17.2 Å². The Morgan fingerprint density at radius 2 is 1.97 bits per heavy atom. The van der Waals surface area contributed by atoms with Crippen molar-refractivity contribution in [1.82, 2.24) is 19.5 Å². The molecule has 0 radical (unpaired) electrons. The number of nitrogens with one attached hydrogen (secondary N) is 1. The Kier molecular flexibility index (Phi) is 5.14. The van der Waals surface area contributed by atoms with Crippen molar-refractivity contribution < 1.29 is 24.5 Å². The third-order valence-electron chi connectivity index (χ3n) is 4.96. The van der Waals surface area contributed by atoms with Crippen molar-refractivity contribution >= 4 is 22.9 Å². The summed E-state index contributed by atoms with van der Waals surface area (Å²) in [5, 5.41) is 23.2. The fraction of sp³-hybridized carbons (Fsp3) is 0.368. The number of amides is 1. The minimum Gasteiger partial charge on any atom is -0.497 e. The third-order valence-corrected chi connectivity index (χ3v) is 4.96. The number of carbonyl (C=O) groups excluding carboxylic acids is 1. The molecule has 4 atom stereocenters. The quantitative estimate of drug-likeness (QED) is 0.581. The van der Waals surface area contributed by atoms with E-state index in [-0.39, 0.29) is 11.7 Å². The van der Waals surface area contributed by atoms with Gasteiger partial charge in [-0.25, -0.2) is 15.0 Å². The molecule has 1 saturated heterocycles. The summed E-state index contributed by atoms with van der Waals surface area (Å²) in [4.78, 5) is 25.2. The van der Waals surface area contributed by atoms with E-state index in [9.17, 15) is 15.0 Å². The number of imidazole rings is 1. The highest BCUT2D eigenvalue weighted by Crippen LogP contribution is 2.33. The standard InChI is InChI=1S/C19H21N5O5/c1-3-12-14(25)15(26)19(29-12)24-9-22-13-16(20-8-21-17(13)24)23-18(27)10-4-6-11(28-2)7-5-10/h4-9,12,14-15,19,25-26H,3H2,1-2H3,(H,20,21,23,27). The van der Waals surface area contributed by atoms with Gasteiger partial charge in [-0.05, 0) is 30.7 Å². The first kappa shape index (κ1) is 19.2. The fourth-order valence-corrected chi connectivity index (χ4v) is 3.35. The van der Waals surface area contributed by atoms with Gasteiger partial charge in [-0.3, -0.25) is 9.36 Å². The highest BCUT2D eigenvalue weighted by atomic mass is 16.6. The topological polar surface area (TPSA) is 132 Å². The summed E-state index contributed by atoms with van der Waals surface area (Å²) >= 11 is 0. The molecule has 1 aliphatic rings. The molecule has 1 aliphatic heterocycles. The molecule has 4 rings (SSSR count). The van der Waals surface area contributed by atoms with Crippen molar-refractivity contribution in [3.8, 4) is 5.75 Å². The van der Waals surface area contributed by atoms with Gasteiger partial charge in [0.25, 0.3) is 5.91 Å². The second-order valence-corrected chi connectivity index (χ2v) is 6.68. The molecule has 0 bridgehead atoms. The van der Waals surface area contributed by atoms with Gasteiger partial charge >= 0.3 is 0 Å². The number of anilines is 1. The number of nitrogens with zero attached hydrogens (tertiary/aromatic N) is 4. The first-order chi connectivity index (χ1) is 14.0. The fourth-order valence-electron chi connectivity index (χ4n) is 3.35. The van der Waals surface area contributed by atoms with Crippen molar-refractivity contribution in [3.05, 3.63) is 42.5 Å². The van der Waals surface area contributed by atoms with Gasteiger partial charge in [0, 0.05) is 5.56 Å². The molecule has 2 aromatic heterocycles. The Labute approximate surface area is 166 Å². The zero-order valence-corrected chi connectivity index (χ0v) is 15.9. The number of rotatable bonds is 5. The minimum absolute atomic E-state index is 0.231. The second-order valence-electron chi connectivity index (χ2n) is 6.68. The Morgan fingerprint density at radius 1 is 1.21 bits per heavy atom. The highest BCUT2D eigenvalue weighted by Gasteiger charge is 2.43. The molecule has 3 N–H and O–H groups in total. The van der Waals surface area contributed by atoms with Crippen LogP contribution in [-0.4, -0.2) is 61.1 Å².